The quantitative estimate of drug-likeness (QED) is 0.280. The van der Waals surface area contributed by atoms with Gasteiger partial charge in [-0.25, -0.2) is 25.0 Å². The fraction of sp³-hybridized carbons (Fsp3) is 0.0606. The fourth-order valence-corrected chi connectivity index (χ4v) is 6.08. The summed E-state index contributed by atoms with van der Waals surface area (Å²) in [5.41, 5.74) is 5.64. The van der Waals surface area contributed by atoms with Crippen LogP contribution in [0.2, 0.25) is 0 Å². The standard InChI is InChI=1S/C33H22N8/c1-41-32-24-16-8-9-17-25(24)33(41)40-31-23-15-7-5-13-21(23)29(38-31)36-27-19-11-3-2-10-18(19)26(34-27)35-28-20-12-4-6-14-22(20)30(37-28)39-32/h2-17,30,34H,1H3,(H,35,37). The van der Waals surface area contributed by atoms with Crippen molar-refractivity contribution in [2.45, 2.75) is 6.17 Å². The molecule has 0 amide bonds. The Balaban J connectivity index is 1.43. The van der Waals surface area contributed by atoms with Gasteiger partial charge in [0.15, 0.2) is 11.7 Å². The van der Waals surface area contributed by atoms with Crippen LogP contribution in [0.15, 0.2) is 122 Å². The lowest BCUT2D eigenvalue weighted by Gasteiger charge is -2.07. The van der Waals surface area contributed by atoms with Gasteiger partial charge in [-0.05, 0) is 0 Å². The van der Waals surface area contributed by atoms with Gasteiger partial charge in [0.2, 0.25) is 0 Å². The van der Waals surface area contributed by atoms with Gasteiger partial charge in [0.1, 0.15) is 34.6 Å². The van der Waals surface area contributed by atoms with Crippen molar-refractivity contribution in [2.75, 3.05) is 0 Å². The van der Waals surface area contributed by atoms with Gasteiger partial charge in [0.05, 0.1) is 0 Å². The number of rotatable bonds is 0. The average molecular weight is 531 g/mol. The molecule has 1 atom stereocenters. The van der Waals surface area contributed by atoms with Gasteiger partial charge in [0.25, 0.3) is 0 Å². The van der Waals surface area contributed by atoms with Gasteiger partial charge in [0, 0.05) is 50.8 Å². The molecule has 8 nitrogen and oxygen atoms in total. The summed E-state index contributed by atoms with van der Waals surface area (Å²) in [6.45, 7) is 0. The second-order valence-electron chi connectivity index (χ2n) is 10.4. The highest BCUT2D eigenvalue weighted by atomic mass is 15.2. The molecular weight excluding hydrogens is 508 g/mol. The van der Waals surface area contributed by atoms with Crippen LogP contribution < -0.4 is 16.3 Å². The Bertz CT molecular complexity index is 2310. The van der Waals surface area contributed by atoms with Crippen LogP contribution in [-0.2, 0) is 7.05 Å². The molecule has 3 aliphatic rings. The monoisotopic (exact) mass is 530 g/mol. The molecule has 5 heterocycles. The molecule has 1 unspecified atom stereocenters. The molecule has 41 heavy (non-hydrogen) atoms. The molecule has 2 aromatic heterocycles. The van der Waals surface area contributed by atoms with E-state index in [0.29, 0.717) is 17.5 Å². The van der Waals surface area contributed by atoms with Gasteiger partial charge in [-0.2, -0.15) is 0 Å². The lowest BCUT2D eigenvalue weighted by atomic mass is 10.1. The van der Waals surface area contributed by atoms with Crippen molar-refractivity contribution in [3.63, 3.8) is 0 Å². The van der Waals surface area contributed by atoms with Gasteiger partial charge in [-0.15, -0.1) is 0 Å². The number of aromatic nitrogens is 2. The van der Waals surface area contributed by atoms with Crippen LogP contribution in [0.4, 0.5) is 11.6 Å². The minimum atomic E-state index is -0.308. The Labute approximate surface area is 233 Å². The first-order valence-corrected chi connectivity index (χ1v) is 13.6. The number of hydrogen-bond donors (Lipinski definition) is 2. The van der Waals surface area contributed by atoms with Crippen molar-refractivity contribution in [1.29, 1.82) is 0 Å². The molecule has 8 bridgehead atoms. The summed E-state index contributed by atoms with van der Waals surface area (Å²) in [5.74, 6) is 3.45. The van der Waals surface area contributed by atoms with Crippen LogP contribution in [0.5, 0.6) is 0 Å². The van der Waals surface area contributed by atoms with Crippen LogP contribution in [0.1, 0.15) is 28.4 Å². The first-order chi connectivity index (χ1) is 20.2. The lowest BCUT2D eigenvalue weighted by Crippen LogP contribution is -2.28. The van der Waals surface area contributed by atoms with Crippen LogP contribution in [-0.4, -0.2) is 27.1 Å². The van der Waals surface area contributed by atoms with Gasteiger partial charge in [-0.1, -0.05) is 97.1 Å². The van der Waals surface area contributed by atoms with Crippen LogP contribution in [0, 0.1) is 0 Å². The van der Waals surface area contributed by atoms with Crippen molar-refractivity contribution in [3.8, 4) is 0 Å². The van der Waals surface area contributed by atoms with Crippen LogP contribution in [0.25, 0.3) is 21.5 Å². The van der Waals surface area contributed by atoms with Crippen molar-refractivity contribution in [3.05, 3.63) is 130 Å². The van der Waals surface area contributed by atoms with E-state index >= 15 is 0 Å². The molecule has 0 saturated carbocycles. The second kappa shape index (κ2) is 8.19. The van der Waals surface area contributed by atoms with E-state index in [9.17, 15) is 0 Å². The van der Waals surface area contributed by atoms with Crippen molar-refractivity contribution < 1.29 is 0 Å². The third kappa shape index (κ3) is 3.18. The Kier molecular flexibility index (Phi) is 4.44. The summed E-state index contributed by atoms with van der Waals surface area (Å²) in [6, 6.07) is 32.8. The molecule has 6 aromatic rings. The summed E-state index contributed by atoms with van der Waals surface area (Å²) in [7, 11) is 2.01. The number of benzene rings is 4. The summed E-state index contributed by atoms with van der Waals surface area (Å²) < 4.78 is 2.06. The second-order valence-corrected chi connectivity index (χ2v) is 10.4. The molecule has 0 fully saturated rings. The maximum absolute atomic E-state index is 5.27. The van der Waals surface area contributed by atoms with E-state index in [-0.39, 0.29) is 6.17 Å². The first kappa shape index (κ1) is 22.2. The molecule has 0 aliphatic carbocycles. The predicted molar refractivity (Wildman–Crippen MR) is 161 cm³/mol. The van der Waals surface area contributed by atoms with E-state index in [0.717, 1.165) is 66.4 Å². The number of H-pyrrole nitrogens is 1. The number of aromatic amines is 1. The normalized spacial score (nSPS) is 16.7. The largest absolute Gasteiger partial charge is 0.344 e. The zero-order chi connectivity index (χ0) is 27.1. The smallest absolute Gasteiger partial charge is 0.164 e. The molecule has 194 valence electrons. The highest BCUT2D eigenvalue weighted by Crippen LogP contribution is 2.37. The van der Waals surface area contributed by atoms with Crippen molar-refractivity contribution in [1.82, 2.24) is 14.9 Å². The molecule has 3 aliphatic heterocycles. The summed E-state index contributed by atoms with van der Waals surface area (Å²) in [4.78, 5) is 29.1. The molecule has 9 rings (SSSR count). The predicted octanol–water partition coefficient (Wildman–Crippen LogP) is 5.13. The van der Waals surface area contributed by atoms with E-state index in [2.05, 4.69) is 57.3 Å². The molecule has 0 saturated heterocycles. The SMILES string of the molecule is Cn1c2c3ccccc3c1=NC1NC(=Nc3[nH]c(c4ccccc34)N=C3N=C(N=2)c2ccccc23)c2ccccc21. The van der Waals surface area contributed by atoms with E-state index in [1.165, 1.54) is 0 Å². The van der Waals surface area contributed by atoms with E-state index in [4.69, 9.17) is 25.0 Å². The van der Waals surface area contributed by atoms with Crippen molar-refractivity contribution >= 4 is 50.7 Å². The Hall–Kier alpha value is -5.63. The summed E-state index contributed by atoms with van der Waals surface area (Å²) in [5, 5.41) is 7.61. The van der Waals surface area contributed by atoms with Crippen LogP contribution in [0.3, 0.4) is 0 Å². The highest BCUT2D eigenvalue weighted by Gasteiger charge is 2.28. The highest BCUT2D eigenvalue weighted by molar-refractivity contribution is 6.23. The van der Waals surface area contributed by atoms with E-state index in [1.54, 1.807) is 0 Å². The van der Waals surface area contributed by atoms with E-state index < -0.39 is 0 Å². The number of amidine groups is 3. The van der Waals surface area contributed by atoms with Gasteiger partial charge in [-0.3, -0.25) is 0 Å². The average Bonchev–Trinajstić information content (AvgIpc) is 3.72. The molecule has 0 radical (unpaired) electrons. The minimum Gasteiger partial charge on any atom is -0.344 e. The Morgan fingerprint density at radius 2 is 1.12 bits per heavy atom. The van der Waals surface area contributed by atoms with Crippen LogP contribution >= 0.6 is 0 Å². The zero-order valence-electron chi connectivity index (χ0n) is 22.0. The zero-order valence-corrected chi connectivity index (χ0v) is 22.0. The van der Waals surface area contributed by atoms with Gasteiger partial charge < -0.3 is 14.9 Å². The fourth-order valence-electron chi connectivity index (χ4n) is 6.08. The number of aliphatic imine (C=N–C) groups is 3. The number of fused-ring (bicyclic) bond motifs is 19. The lowest BCUT2D eigenvalue weighted by molar-refractivity contribution is 0.662. The third-order valence-corrected chi connectivity index (χ3v) is 8.03. The van der Waals surface area contributed by atoms with E-state index in [1.807, 2.05) is 61.6 Å². The molecular formula is C33H22N8. The summed E-state index contributed by atoms with van der Waals surface area (Å²) in [6.07, 6.45) is -0.308. The van der Waals surface area contributed by atoms with Gasteiger partial charge >= 0.3 is 0 Å². The maximum Gasteiger partial charge on any atom is 0.164 e. The maximum atomic E-state index is 5.27. The Morgan fingerprint density at radius 1 is 0.561 bits per heavy atom. The molecule has 4 aromatic carbocycles. The summed E-state index contributed by atoms with van der Waals surface area (Å²) >= 11 is 0. The van der Waals surface area contributed by atoms with Crippen molar-refractivity contribution in [2.24, 2.45) is 32.0 Å². The third-order valence-electron chi connectivity index (χ3n) is 8.03. The Morgan fingerprint density at radius 3 is 1.85 bits per heavy atom. The number of hydrogen-bond acceptors (Lipinski definition) is 6. The molecule has 0 spiro atoms. The number of nitrogens with one attached hydrogen (secondary N) is 2. The molecule has 2 N–H and O–H groups in total. The topological polar surface area (TPSA) is 94.5 Å². The molecule has 8 heteroatoms. The number of nitrogens with zero attached hydrogens (tertiary/aromatic N) is 6. The minimum absolute atomic E-state index is 0.308. The first-order valence-electron chi connectivity index (χ1n) is 13.6.